The second-order valence-corrected chi connectivity index (χ2v) is 7.51. The van der Waals surface area contributed by atoms with Gasteiger partial charge in [0, 0.05) is 22.3 Å². The van der Waals surface area contributed by atoms with Crippen molar-refractivity contribution in [1.82, 2.24) is 10.6 Å². The fourth-order valence-corrected chi connectivity index (χ4v) is 2.97. The van der Waals surface area contributed by atoms with E-state index in [-0.39, 0.29) is 30.9 Å². The molecule has 0 aliphatic heterocycles. The van der Waals surface area contributed by atoms with Gasteiger partial charge in [-0.15, -0.1) is 0 Å². The van der Waals surface area contributed by atoms with E-state index in [0.717, 1.165) is 5.56 Å². The van der Waals surface area contributed by atoms with Gasteiger partial charge in [-0.2, -0.15) is 0 Å². The average molecular weight is 426 g/mol. The Kier molecular flexibility index (Phi) is 7.14. The number of benzene rings is 2. The van der Waals surface area contributed by atoms with Gasteiger partial charge in [-0.25, -0.2) is 0 Å². The maximum Gasteiger partial charge on any atom is 0.253 e. The molecular formula is C23H24ClN3O3. The molecule has 0 radical (unpaired) electrons. The molecule has 6 nitrogen and oxygen atoms in total. The zero-order valence-corrected chi connectivity index (χ0v) is 17.6. The molecule has 7 heteroatoms. The highest BCUT2D eigenvalue weighted by atomic mass is 35.5. The number of anilines is 1. The molecule has 2 aromatic carbocycles. The van der Waals surface area contributed by atoms with E-state index in [4.69, 9.17) is 16.0 Å². The van der Waals surface area contributed by atoms with Crippen molar-refractivity contribution in [2.24, 2.45) is 0 Å². The van der Waals surface area contributed by atoms with Gasteiger partial charge in [0.1, 0.15) is 11.5 Å². The molecule has 1 aromatic heterocycles. The van der Waals surface area contributed by atoms with Gasteiger partial charge >= 0.3 is 0 Å². The van der Waals surface area contributed by atoms with Gasteiger partial charge in [-0.3, -0.25) is 9.59 Å². The SMILES string of the molecule is CC(C)NC(=O)c1ccccc1NCC(=O)NCc1ccc(-c2ccc(Cl)cc2)o1. The lowest BCUT2D eigenvalue weighted by Crippen LogP contribution is -2.32. The Morgan fingerprint density at radius 1 is 1.00 bits per heavy atom. The summed E-state index contributed by atoms with van der Waals surface area (Å²) in [5, 5.41) is 9.35. The topological polar surface area (TPSA) is 83.4 Å². The van der Waals surface area contributed by atoms with Crippen LogP contribution >= 0.6 is 11.6 Å². The van der Waals surface area contributed by atoms with Crippen LogP contribution in [0.1, 0.15) is 30.0 Å². The number of nitrogens with one attached hydrogen (secondary N) is 3. The van der Waals surface area contributed by atoms with Crippen molar-refractivity contribution < 1.29 is 14.0 Å². The zero-order valence-electron chi connectivity index (χ0n) is 16.9. The van der Waals surface area contributed by atoms with Crippen LogP contribution in [0.2, 0.25) is 5.02 Å². The van der Waals surface area contributed by atoms with Gasteiger partial charge in [0.2, 0.25) is 5.91 Å². The number of furan rings is 1. The fourth-order valence-electron chi connectivity index (χ4n) is 2.84. The maximum absolute atomic E-state index is 12.3. The van der Waals surface area contributed by atoms with Crippen molar-refractivity contribution in [1.29, 1.82) is 0 Å². The molecular weight excluding hydrogens is 402 g/mol. The van der Waals surface area contributed by atoms with E-state index < -0.39 is 0 Å². The van der Waals surface area contributed by atoms with E-state index in [2.05, 4.69) is 16.0 Å². The number of carbonyl (C=O) groups is 2. The monoisotopic (exact) mass is 425 g/mol. The second-order valence-electron chi connectivity index (χ2n) is 7.08. The molecule has 0 atom stereocenters. The first-order chi connectivity index (χ1) is 14.4. The smallest absolute Gasteiger partial charge is 0.253 e. The van der Waals surface area contributed by atoms with Gasteiger partial charge in [0.15, 0.2) is 0 Å². The first-order valence-corrected chi connectivity index (χ1v) is 10.1. The summed E-state index contributed by atoms with van der Waals surface area (Å²) < 4.78 is 5.78. The molecule has 0 saturated carbocycles. The highest BCUT2D eigenvalue weighted by molar-refractivity contribution is 6.30. The Morgan fingerprint density at radius 2 is 1.73 bits per heavy atom. The molecule has 0 saturated heterocycles. The molecule has 0 fully saturated rings. The van der Waals surface area contributed by atoms with Crippen LogP contribution in [0.3, 0.4) is 0 Å². The average Bonchev–Trinajstić information content (AvgIpc) is 3.20. The minimum atomic E-state index is -0.210. The van der Waals surface area contributed by atoms with Crippen LogP contribution < -0.4 is 16.0 Å². The van der Waals surface area contributed by atoms with Crippen molar-refractivity contribution in [3.05, 3.63) is 77.0 Å². The van der Waals surface area contributed by atoms with E-state index in [1.54, 1.807) is 30.3 Å². The Morgan fingerprint density at radius 3 is 2.47 bits per heavy atom. The third-order valence-electron chi connectivity index (χ3n) is 4.28. The maximum atomic E-state index is 12.3. The predicted molar refractivity (Wildman–Crippen MR) is 119 cm³/mol. The largest absolute Gasteiger partial charge is 0.459 e. The number of amides is 2. The molecule has 0 aliphatic carbocycles. The minimum absolute atomic E-state index is 0.0277. The van der Waals surface area contributed by atoms with Crippen molar-refractivity contribution in [3.63, 3.8) is 0 Å². The summed E-state index contributed by atoms with van der Waals surface area (Å²) in [5.74, 6) is 0.960. The lowest BCUT2D eigenvalue weighted by molar-refractivity contribution is -0.119. The fraction of sp³-hybridized carbons (Fsp3) is 0.217. The van der Waals surface area contributed by atoms with Crippen molar-refractivity contribution in [3.8, 4) is 11.3 Å². The van der Waals surface area contributed by atoms with Crippen molar-refractivity contribution in [2.45, 2.75) is 26.4 Å². The normalized spacial score (nSPS) is 10.7. The van der Waals surface area contributed by atoms with Gasteiger partial charge in [0.05, 0.1) is 18.7 Å². The van der Waals surface area contributed by atoms with Crippen LogP contribution in [0.15, 0.2) is 65.1 Å². The Labute approximate surface area is 180 Å². The quantitative estimate of drug-likeness (QED) is 0.497. The number of carbonyl (C=O) groups excluding carboxylic acids is 2. The van der Waals surface area contributed by atoms with Gasteiger partial charge in [-0.05, 0) is 62.4 Å². The van der Waals surface area contributed by atoms with Crippen molar-refractivity contribution >= 4 is 29.1 Å². The number of para-hydroxylation sites is 1. The second kappa shape index (κ2) is 9.98. The molecule has 0 bridgehead atoms. The summed E-state index contributed by atoms with van der Waals surface area (Å²) in [4.78, 5) is 24.5. The molecule has 156 valence electrons. The van der Waals surface area contributed by atoms with Crippen LogP contribution in [0, 0.1) is 0 Å². The number of halogens is 1. The summed E-state index contributed by atoms with van der Waals surface area (Å²) in [5.41, 5.74) is 2.02. The number of hydrogen-bond donors (Lipinski definition) is 3. The van der Waals surface area contributed by atoms with Gasteiger partial charge in [0.25, 0.3) is 5.91 Å². The van der Waals surface area contributed by atoms with E-state index >= 15 is 0 Å². The molecule has 2 amide bonds. The van der Waals surface area contributed by atoms with Crippen LogP contribution in [0.4, 0.5) is 5.69 Å². The zero-order chi connectivity index (χ0) is 21.5. The number of rotatable bonds is 8. The predicted octanol–water partition coefficient (Wildman–Crippen LogP) is 4.47. The Balaban J connectivity index is 1.53. The standard InChI is InChI=1S/C23H24ClN3O3/c1-15(2)27-23(29)19-5-3-4-6-20(19)25-14-22(28)26-13-18-11-12-21(30-18)16-7-9-17(24)10-8-16/h3-12,15,25H,13-14H2,1-2H3,(H,26,28)(H,27,29). The first kappa shape index (κ1) is 21.5. The molecule has 0 aliphatic rings. The first-order valence-electron chi connectivity index (χ1n) is 9.67. The van der Waals surface area contributed by atoms with Crippen LogP contribution in [-0.4, -0.2) is 24.4 Å². The number of hydrogen-bond acceptors (Lipinski definition) is 4. The van der Waals surface area contributed by atoms with Crippen molar-refractivity contribution in [2.75, 3.05) is 11.9 Å². The lowest BCUT2D eigenvalue weighted by atomic mass is 10.1. The van der Waals surface area contributed by atoms with Crippen LogP contribution in [-0.2, 0) is 11.3 Å². The minimum Gasteiger partial charge on any atom is -0.459 e. The van der Waals surface area contributed by atoms with Gasteiger partial charge in [-0.1, -0.05) is 23.7 Å². The Hall–Kier alpha value is -3.25. The van der Waals surface area contributed by atoms with E-state index in [1.165, 1.54) is 0 Å². The molecule has 0 spiro atoms. The molecule has 3 rings (SSSR count). The van der Waals surface area contributed by atoms with E-state index in [1.807, 2.05) is 44.2 Å². The summed E-state index contributed by atoms with van der Waals surface area (Å²) in [7, 11) is 0. The summed E-state index contributed by atoms with van der Waals surface area (Å²) in [6.45, 7) is 4.10. The van der Waals surface area contributed by atoms with Crippen LogP contribution in [0.5, 0.6) is 0 Å². The molecule has 3 N–H and O–H groups in total. The third kappa shape index (κ3) is 5.87. The lowest BCUT2D eigenvalue weighted by Gasteiger charge is -2.13. The van der Waals surface area contributed by atoms with Gasteiger partial charge < -0.3 is 20.4 Å². The highest BCUT2D eigenvalue weighted by Crippen LogP contribution is 2.23. The summed E-state index contributed by atoms with van der Waals surface area (Å²) in [6.07, 6.45) is 0. The molecule has 3 aromatic rings. The molecule has 0 unspecified atom stereocenters. The summed E-state index contributed by atoms with van der Waals surface area (Å²) >= 11 is 5.91. The summed E-state index contributed by atoms with van der Waals surface area (Å²) in [6, 6.07) is 18.1. The van der Waals surface area contributed by atoms with Crippen LogP contribution in [0.25, 0.3) is 11.3 Å². The third-order valence-corrected chi connectivity index (χ3v) is 4.53. The highest BCUT2D eigenvalue weighted by Gasteiger charge is 2.13. The van der Waals surface area contributed by atoms with E-state index in [0.29, 0.717) is 27.8 Å². The molecule has 30 heavy (non-hydrogen) atoms. The Bertz CT molecular complexity index is 1010. The molecule has 1 heterocycles. The van der Waals surface area contributed by atoms with E-state index in [9.17, 15) is 9.59 Å².